The molecule has 2 saturated heterocycles. The van der Waals surface area contributed by atoms with Crippen molar-refractivity contribution in [1.29, 1.82) is 0 Å². The van der Waals surface area contributed by atoms with E-state index in [4.69, 9.17) is 28.2 Å². The Balaban J connectivity index is 1.19. The van der Waals surface area contributed by atoms with Crippen LogP contribution in [0.5, 0.6) is 0 Å². The maximum Gasteiger partial charge on any atom is 0.147 e. The minimum absolute atomic E-state index is 0.216. The first-order valence-electron chi connectivity index (χ1n) is 12.3. The van der Waals surface area contributed by atoms with Gasteiger partial charge in [0.25, 0.3) is 0 Å². The van der Waals surface area contributed by atoms with Crippen molar-refractivity contribution >= 4 is 29.0 Å². The number of likely N-dealkylation sites (tertiary alicyclic amines) is 1. The molecule has 2 fully saturated rings. The zero-order valence-corrected chi connectivity index (χ0v) is 21.5. The van der Waals surface area contributed by atoms with Gasteiger partial charge < -0.3 is 4.90 Å². The SMILES string of the molecule is CC[C@H]1CN(c2ncc(-n3cccn3)cc2Cl)CCN1C1CCN(Cc2ccc(Cl)cc2F)CC1. The number of piperazine rings is 1. The lowest BCUT2D eigenvalue weighted by Gasteiger charge is -2.47. The van der Waals surface area contributed by atoms with Gasteiger partial charge in [-0.1, -0.05) is 36.2 Å². The number of benzene rings is 1. The van der Waals surface area contributed by atoms with E-state index in [1.807, 2.05) is 24.5 Å². The molecule has 6 nitrogen and oxygen atoms in total. The molecule has 9 heteroatoms. The van der Waals surface area contributed by atoms with Crippen LogP contribution in [-0.2, 0) is 6.54 Å². The lowest BCUT2D eigenvalue weighted by atomic mass is 9.97. The van der Waals surface area contributed by atoms with E-state index in [1.54, 1.807) is 23.0 Å². The number of anilines is 1. The Hall–Kier alpha value is -2.19. The second-order valence-corrected chi connectivity index (χ2v) is 10.3. The molecule has 35 heavy (non-hydrogen) atoms. The number of piperidine rings is 1. The minimum Gasteiger partial charge on any atom is -0.353 e. The Kier molecular flexibility index (Phi) is 7.58. The highest BCUT2D eigenvalue weighted by molar-refractivity contribution is 6.33. The molecule has 0 amide bonds. The summed E-state index contributed by atoms with van der Waals surface area (Å²) in [6, 6.07) is 9.80. The van der Waals surface area contributed by atoms with Crippen LogP contribution in [0.15, 0.2) is 48.9 Å². The van der Waals surface area contributed by atoms with E-state index >= 15 is 0 Å². The first-order chi connectivity index (χ1) is 17.0. The third-order valence-corrected chi connectivity index (χ3v) is 7.82. The predicted molar refractivity (Wildman–Crippen MR) is 139 cm³/mol. The number of rotatable bonds is 6. The van der Waals surface area contributed by atoms with Crippen LogP contribution in [0, 0.1) is 5.82 Å². The average Bonchev–Trinajstić information content (AvgIpc) is 3.41. The first-order valence-corrected chi connectivity index (χ1v) is 13.1. The highest BCUT2D eigenvalue weighted by Crippen LogP contribution is 2.30. The first kappa shape index (κ1) is 24.5. The summed E-state index contributed by atoms with van der Waals surface area (Å²) in [5.74, 6) is 0.632. The number of aromatic nitrogens is 3. The summed E-state index contributed by atoms with van der Waals surface area (Å²) in [5.41, 5.74) is 1.58. The second kappa shape index (κ2) is 10.8. The van der Waals surface area contributed by atoms with E-state index in [2.05, 4.69) is 26.7 Å². The number of halogens is 3. The van der Waals surface area contributed by atoms with Gasteiger partial charge in [0.2, 0.25) is 0 Å². The zero-order valence-electron chi connectivity index (χ0n) is 20.0. The zero-order chi connectivity index (χ0) is 24.4. The van der Waals surface area contributed by atoms with Gasteiger partial charge in [-0.25, -0.2) is 14.1 Å². The minimum atomic E-state index is -0.216. The highest BCUT2D eigenvalue weighted by atomic mass is 35.5. The van der Waals surface area contributed by atoms with Crippen molar-refractivity contribution in [1.82, 2.24) is 24.6 Å². The van der Waals surface area contributed by atoms with Crippen LogP contribution in [0.2, 0.25) is 10.0 Å². The van der Waals surface area contributed by atoms with Gasteiger partial charge in [-0.2, -0.15) is 5.10 Å². The molecule has 0 saturated carbocycles. The fourth-order valence-electron chi connectivity index (χ4n) is 5.41. The van der Waals surface area contributed by atoms with Crippen molar-refractivity contribution in [3.63, 3.8) is 0 Å². The Labute approximate surface area is 216 Å². The molecular weight excluding hydrogens is 486 g/mol. The van der Waals surface area contributed by atoms with Crippen molar-refractivity contribution in [2.24, 2.45) is 0 Å². The summed E-state index contributed by atoms with van der Waals surface area (Å²) < 4.78 is 16.0. The van der Waals surface area contributed by atoms with Crippen molar-refractivity contribution < 1.29 is 4.39 Å². The molecule has 0 radical (unpaired) electrons. The molecular formula is C26H31Cl2FN6. The van der Waals surface area contributed by atoms with Crippen molar-refractivity contribution in [3.8, 4) is 5.69 Å². The Bertz CT molecular complexity index is 1130. The fourth-order valence-corrected chi connectivity index (χ4v) is 5.84. The lowest BCUT2D eigenvalue weighted by molar-refractivity contribution is 0.0607. The molecule has 2 aliphatic heterocycles. The molecule has 0 aliphatic carbocycles. The normalized spacial score (nSPS) is 20.5. The standard InChI is InChI=1S/C26H31Cl2FN6/c1-2-21-18-33(26-24(28)15-23(16-30-26)35-9-3-8-31-35)12-13-34(21)22-6-10-32(11-7-22)17-19-4-5-20(27)14-25(19)29/h3-5,8-9,14-16,21-22H,2,6-7,10-13,17-18H2,1H3/t21-/m0/s1. The van der Waals surface area contributed by atoms with E-state index in [0.29, 0.717) is 28.7 Å². The van der Waals surface area contributed by atoms with Gasteiger partial charge in [-0.3, -0.25) is 9.80 Å². The van der Waals surface area contributed by atoms with Gasteiger partial charge in [-0.15, -0.1) is 0 Å². The topological polar surface area (TPSA) is 40.4 Å². The largest absolute Gasteiger partial charge is 0.353 e. The Morgan fingerprint density at radius 1 is 1.09 bits per heavy atom. The molecule has 1 aromatic carbocycles. The summed E-state index contributed by atoms with van der Waals surface area (Å²) in [6.07, 6.45) is 8.74. The third-order valence-electron chi connectivity index (χ3n) is 7.31. The molecule has 5 rings (SSSR count). The molecule has 0 N–H and O–H groups in total. The summed E-state index contributed by atoms with van der Waals surface area (Å²) in [5, 5.41) is 5.36. The molecule has 0 bridgehead atoms. The number of pyridine rings is 1. The van der Waals surface area contributed by atoms with Gasteiger partial charge in [0.05, 0.1) is 16.9 Å². The van der Waals surface area contributed by atoms with Crippen LogP contribution >= 0.6 is 23.2 Å². The molecule has 2 aliphatic rings. The van der Waals surface area contributed by atoms with Crippen LogP contribution in [-0.4, -0.2) is 69.4 Å². The average molecular weight is 517 g/mol. The van der Waals surface area contributed by atoms with Crippen molar-refractivity contribution in [3.05, 3.63) is 70.3 Å². The molecule has 0 spiro atoms. The van der Waals surface area contributed by atoms with Crippen LogP contribution in [0.3, 0.4) is 0 Å². The quantitative estimate of drug-likeness (QED) is 0.445. The smallest absolute Gasteiger partial charge is 0.147 e. The van der Waals surface area contributed by atoms with Gasteiger partial charge in [0.1, 0.15) is 11.6 Å². The highest BCUT2D eigenvalue weighted by Gasteiger charge is 2.34. The van der Waals surface area contributed by atoms with Crippen molar-refractivity contribution in [2.45, 2.75) is 44.8 Å². The molecule has 2 aromatic heterocycles. The van der Waals surface area contributed by atoms with Gasteiger partial charge >= 0.3 is 0 Å². The van der Waals surface area contributed by atoms with E-state index < -0.39 is 0 Å². The van der Waals surface area contributed by atoms with Crippen LogP contribution in [0.25, 0.3) is 5.69 Å². The van der Waals surface area contributed by atoms with Crippen LogP contribution in [0.4, 0.5) is 10.2 Å². The summed E-state index contributed by atoms with van der Waals surface area (Å²) >= 11 is 12.6. The van der Waals surface area contributed by atoms with Crippen molar-refractivity contribution in [2.75, 3.05) is 37.6 Å². The lowest BCUT2D eigenvalue weighted by Crippen LogP contribution is -2.58. The maximum atomic E-state index is 14.2. The summed E-state index contributed by atoms with van der Waals surface area (Å²) in [7, 11) is 0. The maximum absolute atomic E-state index is 14.2. The molecule has 1 atom stereocenters. The molecule has 0 unspecified atom stereocenters. The molecule has 186 valence electrons. The molecule has 3 aromatic rings. The van der Waals surface area contributed by atoms with Gasteiger partial charge in [-0.05, 0) is 56.6 Å². The second-order valence-electron chi connectivity index (χ2n) is 9.44. The third kappa shape index (κ3) is 5.48. The van der Waals surface area contributed by atoms with E-state index in [-0.39, 0.29) is 5.82 Å². The Morgan fingerprint density at radius 2 is 1.91 bits per heavy atom. The van der Waals surface area contributed by atoms with Gasteiger partial charge in [0, 0.05) is 61.2 Å². The number of hydrogen-bond donors (Lipinski definition) is 0. The summed E-state index contributed by atoms with van der Waals surface area (Å²) in [6.45, 7) is 7.67. The number of nitrogens with zero attached hydrogens (tertiary/aromatic N) is 6. The molecule has 4 heterocycles. The summed E-state index contributed by atoms with van der Waals surface area (Å²) in [4.78, 5) is 12.0. The van der Waals surface area contributed by atoms with E-state index in [1.165, 1.54) is 6.07 Å². The van der Waals surface area contributed by atoms with Crippen LogP contribution < -0.4 is 4.90 Å². The van der Waals surface area contributed by atoms with Crippen LogP contribution in [0.1, 0.15) is 31.7 Å². The Morgan fingerprint density at radius 3 is 2.60 bits per heavy atom. The van der Waals surface area contributed by atoms with Gasteiger partial charge in [0.15, 0.2) is 0 Å². The van der Waals surface area contributed by atoms with E-state index in [0.717, 1.165) is 69.1 Å². The number of hydrogen-bond acceptors (Lipinski definition) is 5. The predicted octanol–water partition coefficient (Wildman–Crippen LogP) is 5.28. The van der Waals surface area contributed by atoms with E-state index in [9.17, 15) is 4.39 Å². The monoisotopic (exact) mass is 516 g/mol. The fraction of sp³-hybridized carbons (Fsp3) is 0.462.